The van der Waals surface area contributed by atoms with Crippen molar-refractivity contribution in [3.63, 3.8) is 0 Å². The number of halogens is 1. The van der Waals surface area contributed by atoms with Gasteiger partial charge in [-0.15, -0.1) is 5.10 Å². The number of nitrogens with one attached hydrogen (secondary N) is 1. The Kier molecular flexibility index (Phi) is 13.3. The minimum absolute atomic E-state index is 0.0700. The molecule has 3 saturated heterocycles. The van der Waals surface area contributed by atoms with Gasteiger partial charge >= 0.3 is 12.1 Å². The van der Waals surface area contributed by atoms with Crippen molar-refractivity contribution < 1.29 is 56.9 Å². The first kappa shape index (κ1) is 43.8. The number of alkyl halides is 1. The Bertz CT molecular complexity index is 1850. The van der Waals surface area contributed by atoms with Gasteiger partial charge in [-0.25, -0.2) is 14.0 Å². The highest BCUT2D eigenvalue weighted by atomic mass is 19.1. The number of aromatic nitrogens is 3. The molecule has 5 rings (SSSR count). The van der Waals surface area contributed by atoms with Gasteiger partial charge in [0.2, 0.25) is 5.76 Å². The number of cyclic esters (lactones) is 1. The van der Waals surface area contributed by atoms with Crippen molar-refractivity contribution in [1.29, 1.82) is 0 Å². The van der Waals surface area contributed by atoms with Gasteiger partial charge in [-0.3, -0.25) is 9.59 Å². The predicted molar refractivity (Wildman–Crippen MR) is 200 cm³/mol. The fraction of sp³-hybridized carbons (Fsp3) is 0.675. The quantitative estimate of drug-likeness (QED) is 0.234. The van der Waals surface area contributed by atoms with E-state index in [1.165, 1.54) is 20.0 Å². The van der Waals surface area contributed by atoms with Gasteiger partial charge in [0, 0.05) is 36.1 Å². The zero-order valence-corrected chi connectivity index (χ0v) is 34.1. The van der Waals surface area contributed by atoms with Crippen molar-refractivity contribution in [2.45, 2.75) is 134 Å². The Morgan fingerprint density at radius 3 is 2.46 bits per heavy atom. The first-order valence-electron chi connectivity index (χ1n) is 19.2. The smallest absolute Gasteiger partial charge is 0.408 e. The summed E-state index contributed by atoms with van der Waals surface area (Å²) >= 11 is 0. The van der Waals surface area contributed by atoms with E-state index in [4.69, 9.17) is 28.2 Å². The third-order valence-corrected chi connectivity index (χ3v) is 11.5. The van der Waals surface area contributed by atoms with Gasteiger partial charge in [0.1, 0.15) is 36.0 Å². The molecule has 5 heterocycles. The predicted octanol–water partition coefficient (Wildman–Crippen LogP) is 3.44. The molecule has 0 radical (unpaired) electrons. The molecular weight excluding hydrogens is 745 g/mol. The van der Waals surface area contributed by atoms with E-state index in [0.29, 0.717) is 17.8 Å². The molecule has 3 aliphatic rings. The summed E-state index contributed by atoms with van der Waals surface area (Å²) in [5.74, 6) is -0.306. The maximum atomic E-state index is 16.8. The molecule has 0 unspecified atom stereocenters. The monoisotopic (exact) mass is 799 g/mol. The zero-order valence-electron chi connectivity index (χ0n) is 34.1. The summed E-state index contributed by atoms with van der Waals surface area (Å²) in [5, 5.41) is 26.1. The average molecular weight is 800 g/mol. The van der Waals surface area contributed by atoms with E-state index in [-0.39, 0.29) is 31.0 Å². The van der Waals surface area contributed by atoms with E-state index in [1.54, 1.807) is 60.0 Å². The molecule has 57 heavy (non-hydrogen) atoms. The van der Waals surface area contributed by atoms with Gasteiger partial charge in [0.05, 0.1) is 23.9 Å². The van der Waals surface area contributed by atoms with E-state index >= 15 is 4.39 Å². The van der Waals surface area contributed by atoms with Crippen LogP contribution in [0.2, 0.25) is 0 Å². The zero-order chi connectivity index (χ0) is 42.0. The maximum absolute atomic E-state index is 16.8. The number of fused-ring (bicyclic) bond motifs is 1. The van der Waals surface area contributed by atoms with Crippen LogP contribution in [0.4, 0.5) is 9.18 Å². The molecule has 17 heteroatoms. The highest BCUT2D eigenvalue weighted by Gasteiger charge is 2.59. The number of hydrogen-bond donors (Lipinski definition) is 2. The lowest BCUT2D eigenvalue weighted by molar-refractivity contribution is -0.296. The number of rotatable bonds is 7. The summed E-state index contributed by atoms with van der Waals surface area (Å²) in [6.45, 7) is 11.7. The van der Waals surface area contributed by atoms with Gasteiger partial charge in [-0.1, -0.05) is 38.8 Å². The Morgan fingerprint density at radius 2 is 1.81 bits per heavy atom. The maximum Gasteiger partial charge on any atom is 0.408 e. The van der Waals surface area contributed by atoms with Crippen molar-refractivity contribution in [3.8, 4) is 23.2 Å². The third kappa shape index (κ3) is 9.05. The second kappa shape index (κ2) is 17.3. The SMILES string of the molecule is CC[C@H]1OC(=O)[C@@](C)(F)C(=O)[C@H](C)[C@@H](O[C@@H]2O[C@H](C)C[C@H](N(C)C)[C@H]2O)[C@@](C)(OCC#Cc2cc(-c3cccnn3)no2)C[C@@H](C)C(=O)[C@H](C)[C@H]2NC(=O)O[C@@]21C. The number of hydrogen-bond acceptors (Lipinski definition) is 15. The molecule has 13 atom stereocenters. The van der Waals surface area contributed by atoms with Crippen LogP contribution in [-0.4, -0.2) is 129 Å². The molecule has 312 valence electrons. The molecule has 16 nitrogen and oxygen atoms in total. The van der Waals surface area contributed by atoms with Crippen LogP contribution in [-0.2, 0) is 38.1 Å². The van der Waals surface area contributed by atoms with Crippen LogP contribution in [0.25, 0.3) is 11.4 Å². The minimum Gasteiger partial charge on any atom is -0.455 e. The standard InChI is InChI=1S/C40H54FN5O11/c1-11-29-40(8)32(43-37(51)56-40)23(4)30(47)21(2)20-38(6,52-17-13-14-25-19-27(45-57-25)26-15-12-16-42-44-26)34(24(5)33(49)39(7,41)36(50)54-29)55-35-31(48)28(46(9)10)18-22(3)53-35/h12,15-16,19,21-24,28-29,31-32,34-35,48H,11,17-18,20H2,1-10H3,(H,43,51)/t21-,22-,23+,24+,28+,29-,31-,32-,34-,35+,38+,39+,40-/m1/s1. The Hall–Kier alpha value is -4.34. The Balaban J connectivity index is 1.57. The van der Waals surface area contributed by atoms with Crippen LogP contribution in [0.1, 0.15) is 80.4 Å². The summed E-state index contributed by atoms with van der Waals surface area (Å²) < 4.78 is 52.7. The number of esters is 1. The summed E-state index contributed by atoms with van der Waals surface area (Å²) in [7, 11) is 3.60. The van der Waals surface area contributed by atoms with Crippen LogP contribution in [0.3, 0.4) is 0 Å². The molecule has 3 fully saturated rings. The molecule has 0 bridgehead atoms. The number of ketones is 2. The average Bonchev–Trinajstić information content (AvgIpc) is 3.77. The summed E-state index contributed by atoms with van der Waals surface area (Å²) in [5.41, 5.74) is -5.58. The largest absolute Gasteiger partial charge is 0.455 e. The number of likely N-dealkylation sites (N-methyl/N-ethyl adjacent to an activating group) is 1. The molecular formula is C40H54FN5O11. The number of aliphatic hydroxyl groups excluding tert-OH is 1. The highest BCUT2D eigenvalue weighted by molar-refractivity contribution is 6.08. The highest BCUT2D eigenvalue weighted by Crippen LogP contribution is 2.41. The van der Waals surface area contributed by atoms with Crippen molar-refractivity contribution in [2.75, 3.05) is 20.7 Å². The van der Waals surface area contributed by atoms with E-state index in [1.807, 2.05) is 11.8 Å². The molecule has 0 aliphatic carbocycles. The first-order valence-corrected chi connectivity index (χ1v) is 19.2. The molecule has 0 saturated carbocycles. The molecule has 0 spiro atoms. The molecule has 1 amide bonds. The van der Waals surface area contributed by atoms with Crippen molar-refractivity contribution in [1.82, 2.24) is 25.6 Å². The minimum atomic E-state index is -3.23. The van der Waals surface area contributed by atoms with Gasteiger partial charge in [-0.05, 0) is 79.1 Å². The number of aliphatic hydroxyl groups is 1. The van der Waals surface area contributed by atoms with E-state index < -0.39 is 95.3 Å². The lowest BCUT2D eigenvalue weighted by atomic mass is 9.73. The number of nitrogens with zero attached hydrogens (tertiary/aromatic N) is 4. The second-order valence-corrected chi connectivity index (χ2v) is 16.2. The molecule has 3 aliphatic heterocycles. The van der Waals surface area contributed by atoms with E-state index in [9.17, 15) is 24.3 Å². The van der Waals surface area contributed by atoms with Crippen molar-refractivity contribution in [2.24, 2.45) is 17.8 Å². The second-order valence-electron chi connectivity index (χ2n) is 16.2. The molecule has 2 aromatic rings. The molecule has 0 aromatic carbocycles. The lowest BCUT2D eigenvalue weighted by Crippen LogP contribution is -2.61. The van der Waals surface area contributed by atoms with E-state index in [0.717, 1.165) is 6.92 Å². The van der Waals surface area contributed by atoms with Gasteiger partial charge in [0.25, 0.3) is 5.67 Å². The molecule has 2 aromatic heterocycles. The number of ether oxygens (including phenoxy) is 5. The van der Waals surface area contributed by atoms with E-state index in [2.05, 4.69) is 32.5 Å². The van der Waals surface area contributed by atoms with Crippen LogP contribution >= 0.6 is 0 Å². The normalized spacial score (nSPS) is 38.0. The first-order chi connectivity index (χ1) is 26.7. The number of alkyl carbamates (subject to hydrolysis) is 1. The summed E-state index contributed by atoms with van der Waals surface area (Å²) in [4.78, 5) is 57.0. The van der Waals surface area contributed by atoms with Gasteiger partial charge in [0.15, 0.2) is 17.7 Å². The van der Waals surface area contributed by atoms with Gasteiger partial charge in [-0.2, -0.15) is 5.10 Å². The fourth-order valence-corrected chi connectivity index (χ4v) is 8.35. The van der Waals surface area contributed by atoms with Crippen LogP contribution in [0, 0.1) is 29.6 Å². The van der Waals surface area contributed by atoms with Crippen molar-refractivity contribution >= 4 is 23.6 Å². The number of carbonyl (C=O) groups is 4. The van der Waals surface area contributed by atoms with Crippen LogP contribution in [0.5, 0.6) is 0 Å². The number of amides is 1. The lowest BCUT2D eigenvalue weighted by Gasteiger charge is -2.47. The molecule has 2 N–H and O–H groups in total. The van der Waals surface area contributed by atoms with Gasteiger partial charge < -0.3 is 43.5 Å². The fourth-order valence-electron chi connectivity index (χ4n) is 8.35. The Morgan fingerprint density at radius 1 is 1.09 bits per heavy atom. The van der Waals surface area contributed by atoms with Crippen LogP contribution < -0.4 is 5.32 Å². The third-order valence-electron chi connectivity index (χ3n) is 11.5. The van der Waals surface area contributed by atoms with Crippen LogP contribution in [0.15, 0.2) is 28.9 Å². The summed E-state index contributed by atoms with van der Waals surface area (Å²) in [6.07, 6.45) is -4.51. The number of Topliss-reactive ketones (excluding diaryl/α,β-unsaturated/α-hetero) is 2. The summed E-state index contributed by atoms with van der Waals surface area (Å²) in [6, 6.07) is 3.57. The Labute approximate surface area is 331 Å². The number of carbonyl (C=O) groups excluding carboxylic acids is 4. The van der Waals surface area contributed by atoms with Crippen molar-refractivity contribution in [3.05, 3.63) is 30.2 Å². The topological polar surface area (TPSA) is 202 Å².